The molecule has 2 N–H and O–H groups in total. The molecule has 0 atom stereocenters. The lowest BCUT2D eigenvalue weighted by Gasteiger charge is -2.07. The van der Waals surface area contributed by atoms with Gasteiger partial charge in [0.2, 0.25) is 0 Å². The topological polar surface area (TPSA) is 67.3 Å². The van der Waals surface area contributed by atoms with E-state index in [2.05, 4.69) is 21.8 Å². The lowest BCUT2D eigenvalue weighted by Crippen LogP contribution is -2.03. The van der Waals surface area contributed by atoms with Crippen LogP contribution < -0.4 is 10.1 Å². The number of anilines is 1. The van der Waals surface area contributed by atoms with Crippen LogP contribution in [0.4, 0.5) is 5.00 Å². The molecule has 0 amide bonds. The average molecular weight is 279 g/mol. The molecule has 0 spiro atoms. The Kier molecular flexibility index (Phi) is 5.11. The van der Waals surface area contributed by atoms with Crippen molar-refractivity contribution in [2.75, 3.05) is 11.9 Å². The van der Waals surface area contributed by atoms with Crippen molar-refractivity contribution in [1.29, 1.82) is 0 Å². The number of aliphatic hydroxyl groups excluding tert-OH is 1. The maximum atomic E-state index is 8.96. The van der Waals surface area contributed by atoms with Crippen LogP contribution in [0.25, 0.3) is 0 Å². The number of aromatic nitrogens is 2. The van der Waals surface area contributed by atoms with Crippen LogP contribution >= 0.6 is 11.5 Å². The Morgan fingerprint density at radius 1 is 1.32 bits per heavy atom. The maximum absolute atomic E-state index is 8.96. The molecule has 0 aliphatic rings. The monoisotopic (exact) mass is 279 g/mol. The fraction of sp³-hybridized carbons (Fsp3) is 0.385. The van der Waals surface area contributed by atoms with Gasteiger partial charge >= 0.3 is 0 Å². The van der Waals surface area contributed by atoms with Gasteiger partial charge in [-0.25, -0.2) is 0 Å². The molecule has 0 aliphatic heterocycles. The molecule has 0 unspecified atom stereocenters. The third-order valence-corrected chi connectivity index (χ3v) is 3.30. The van der Waals surface area contributed by atoms with Gasteiger partial charge in [-0.2, -0.15) is 0 Å². The van der Waals surface area contributed by atoms with Crippen molar-refractivity contribution in [3.63, 3.8) is 0 Å². The molecule has 5 nitrogen and oxygen atoms in total. The highest BCUT2D eigenvalue weighted by Gasteiger charge is 2.08. The SMILES string of the molecule is CCCNc1snnc1COc1ccc(CO)cc1. The van der Waals surface area contributed by atoms with Crippen molar-refractivity contribution >= 4 is 16.5 Å². The predicted octanol–water partition coefficient (Wildman–Crippen LogP) is 2.43. The third-order valence-electron chi connectivity index (χ3n) is 2.57. The molecule has 102 valence electrons. The molecular weight excluding hydrogens is 262 g/mol. The van der Waals surface area contributed by atoms with Crippen molar-refractivity contribution in [1.82, 2.24) is 9.59 Å². The van der Waals surface area contributed by atoms with Crippen LogP contribution in [0, 0.1) is 0 Å². The van der Waals surface area contributed by atoms with E-state index in [0.29, 0.717) is 6.61 Å². The van der Waals surface area contributed by atoms with Crippen LogP contribution in [0.1, 0.15) is 24.6 Å². The molecule has 6 heteroatoms. The zero-order chi connectivity index (χ0) is 13.5. The van der Waals surface area contributed by atoms with Gasteiger partial charge < -0.3 is 15.2 Å². The fourth-order valence-electron chi connectivity index (χ4n) is 1.52. The van der Waals surface area contributed by atoms with E-state index < -0.39 is 0 Å². The van der Waals surface area contributed by atoms with Crippen molar-refractivity contribution in [2.24, 2.45) is 0 Å². The molecule has 0 saturated carbocycles. The van der Waals surface area contributed by atoms with Gasteiger partial charge in [-0.05, 0) is 24.1 Å². The summed E-state index contributed by atoms with van der Waals surface area (Å²) in [6, 6.07) is 7.35. The Balaban J connectivity index is 1.92. The van der Waals surface area contributed by atoms with Gasteiger partial charge in [0.25, 0.3) is 0 Å². The molecule has 19 heavy (non-hydrogen) atoms. The van der Waals surface area contributed by atoms with Gasteiger partial charge in [-0.15, -0.1) is 5.10 Å². The minimum Gasteiger partial charge on any atom is -0.487 e. The first kappa shape index (κ1) is 13.8. The van der Waals surface area contributed by atoms with E-state index in [1.54, 1.807) is 0 Å². The van der Waals surface area contributed by atoms with Crippen LogP contribution in [0.2, 0.25) is 0 Å². The highest BCUT2D eigenvalue weighted by Crippen LogP contribution is 2.20. The number of hydrogen-bond acceptors (Lipinski definition) is 6. The quantitative estimate of drug-likeness (QED) is 0.814. The Hall–Kier alpha value is -1.66. The fourth-order valence-corrected chi connectivity index (χ4v) is 2.11. The predicted molar refractivity (Wildman–Crippen MR) is 75.4 cm³/mol. The second kappa shape index (κ2) is 7.06. The summed E-state index contributed by atoms with van der Waals surface area (Å²) in [6.07, 6.45) is 1.06. The first-order valence-electron chi connectivity index (χ1n) is 6.21. The van der Waals surface area contributed by atoms with Gasteiger partial charge in [-0.3, -0.25) is 0 Å². The minimum absolute atomic E-state index is 0.0430. The van der Waals surface area contributed by atoms with Gasteiger partial charge in [0.05, 0.1) is 6.61 Å². The van der Waals surface area contributed by atoms with E-state index in [-0.39, 0.29) is 6.61 Å². The van der Waals surface area contributed by atoms with Crippen LogP contribution in [-0.2, 0) is 13.2 Å². The van der Waals surface area contributed by atoms with E-state index in [1.165, 1.54) is 11.5 Å². The third kappa shape index (κ3) is 3.90. The van der Waals surface area contributed by atoms with E-state index >= 15 is 0 Å². The summed E-state index contributed by atoms with van der Waals surface area (Å²) in [4.78, 5) is 0. The molecule has 1 aromatic heterocycles. The maximum Gasteiger partial charge on any atom is 0.136 e. The first-order chi connectivity index (χ1) is 9.33. The number of rotatable bonds is 7. The van der Waals surface area contributed by atoms with Crippen molar-refractivity contribution in [2.45, 2.75) is 26.6 Å². The van der Waals surface area contributed by atoms with E-state index in [4.69, 9.17) is 9.84 Å². The van der Waals surface area contributed by atoms with Crippen LogP contribution in [-0.4, -0.2) is 21.2 Å². The number of hydrogen-bond donors (Lipinski definition) is 2. The summed E-state index contributed by atoms with van der Waals surface area (Å²) in [5.74, 6) is 0.756. The summed E-state index contributed by atoms with van der Waals surface area (Å²) < 4.78 is 9.58. The first-order valence-corrected chi connectivity index (χ1v) is 6.98. The molecule has 0 bridgehead atoms. The van der Waals surface area contributed by atoms with Crippen LogP contribution in [0.15, 0.2) is 24.3 Å². The number of nitrogens with one attached hydrogen (secondary N) is 1. The van der Waals surface area contributed by atoms with Crippen LogP contribution in [0.5, 0.6) is 5.75 Å². The molecule has 0 radical (unpaired) electrons. The molecule has 1 heterocycles. The number of nitrogens with zero attached hydrogens (tertiary/aromatic N) is 2. The smallest absolute Gasteiger partial charge is 0.136 e. The molecule has 2 rings (SSSR count). The van der Waals surface area contributed by atoms with Crippen molar-refractivity contribution < 1.29 is 9.84 Å². The van der Waals surface area contributed by atoms with Crippen molar-refractivity contribution in [3.05, 3.63) is 35.5 Å². The molecule has 0 aliphatic carbocycles. The Labute approximate surface area is 116 Å². The van der Waals surface area contributed by atoms with E-state index in [9.17, 15) is 0 Å². The number of benzene rings is 1. The summed E-state index contributed by atoms with van der Waals surface area (Å²) in [6.45, 7) is 3.45. The van der Waals surface area contributed by atoms with Gasteiger partial charge in [0, 0.05) is 18.1 Å². The second-order valence-electron chi connectivity index (χ2n) is 4.07. The normalized spacial score (nSPS) is 10.4. The average Bonchev–Trinajstić information content (AvgIpc) is 2.91. The lowest BCUT2D eigenvalue weighted by molar-refractivity contribution is 0.280. The minimum atomic E-state index is 0.0430. The molecule has 1 aromatic carbocycles. The second-order valence-corrected chi connectivity index (χ2v) is 4.82. The summed E-state index contributed by atoms with van der Waals surface area (Å²) in [5.41, 5.74) is 1.69. The molecule has 0 saturated heterocycles. The standard InChI is InChI=1S/C13H17N3O2S/c1-2-7-14-13-12(15-16-19-13)9-18-11-5-3-10(8-17)4-6-11/h3-6,14,17H,2,7-9H2,1H3. The van der Waals surface area contributed by atoms with Gasteiger partial charge in [0.15, 0.2) is 0 Å². The Morgan fingerprint density at radius 3 is 2.79 bits per heavy atom. The molecule has 0 fully saturated rings. The van der Waals surface area contributed by atoms with E-state index in [0.717, 1.165) is 35.0 Å². The highest BCUT2D eigenvalue weighted by atomic mass is 32.1. The number of aliphatic hydroxyl groups is 1. The summed E-state index contributed by atoms with van der Waals surface area (Å²) >= 11 is 1.35. The Morgan fingerprint density at radius 2 is 2.11 bits per heavy atom. The zero-order valence-corrected chi connectivity index (χ0v) is 11.6. The van der Waals surface area contributed by atoms with Crippen LogP contribution in [0.3, 0.4) is 0 Å². The Bertz CT molecular complexity index is 499. The van der Waals surface area contributed by atoms with E-state index in [1.807, 2.05) is 24.3 Å². The lowest BCUT2D eigenvalue weighted by atomic mass is 10.2. The molecule has 2 aromatic rings. The molecular formula is C13H17N3O2S. The van der Waals surface area contributed by atoms with Crippen molar-refractivity contribution in [3.8, 4) is 5.75 Å². The largest absolute Gasteiger partial charge is 0.487 e. The van der Waals surface area contributed by atoms with Gasteiger partial charge in [-0.1, -0.05) is 23.5 Å². The van der Waals surface area contributed by atoms with Gasteiger partial charge in [0.1, 0.15) is 23.1 Å². The zero-order valence-electron chi connectivity index (χ0n) is 10.8. The summed E-state index contributed by atoms with van der Waals surface area (Å²) in [5, 5.41) is 17.3. The number of ether oxygens (including phenoxy) is 1. The highest BCUT2D eigenvalue weighted by molar-refractivity contribution is 7.10. The summed E-state index contributed by atoms with van der Waals surface area (Å²) in [7, 11) is 0.